The first-order valence-corrected chi connectivity index (χ1v) is 8.03. The highest BCUT2D eigenvalue weighted by Gasteiger charge is 2.22. The summed E-state index contributed by atoms with van der Waals surface area (Å²) < 4.78 is 5.48. The highest BCUT2D eigenvalue weighted by molar-refractivity contribution is 5.91. The third-order valence-electron chi connectivity index (χ3n) is 4.13. The molecule has 1 aromatic carbocycles. The van der Waals surface area contributed by atoms with Crippen LogP contribution in [-0.4, -0.2) is 25.6 Å². The topological polar surface area (TPSA) is 50.4 Å². The zero-order valence-corrected chi connectivity index (χ0v) is 13.3. The van der Waals surface area contributed by atoms with Gasteiger partial charge in [0.1, 0.15) is 12.4 Å². The number of benzene rings is 1. The Balaban J connectivity index is 1.84. The van der Waals surface area contributed by atoms with E-state index < -0.39 is 0 Å². The molecule has 0 radical (unpaired) electrons. The zero-order chi connectivity index (χ0) is 15.8. The lowest BCUT2D eigenvalue weighted by Gasteiger charge is -2.28. The lowest BCUT2D eigenvalue weighted by molar-refractivity contribution is -0.117. The van der Waals surface area contributed by atoms with Crippen LogP contribution in [0.4, 0.5) is 5.69 Å². The van der Waals surface area contributed by atoms with Gasteiger partial charge in [-0.1, -0.05) is 25.6 Å². The van der Waals surface area contributed by atoms with Crippen molar-refractivity contribution in [3.05, 3.63) is 36.9 Å². The Hall–Kier alpha value is -1.81. The number of nitrogens with one attached hydrogen (secondary N) is 2. The van der Waals surface area contributed by atoms with Gasteiger partial charge >= 0.3 is 0 Å². The van der Waals surface area contributed by atoms with Gasteiger partial charge in [-0.05, 0) is 49.9 Å². The summed E-state index contributed by atoms with van der Waals surface area (Å²) in [5.41, 5.74) is 0.778. The van der Waals surface area contributed by atoms with Gasteiger partial charge in [-0.25, -0.2) is 0 Å². The van der Waals surface area contributed by atoms with Crippen molar-refractivity contribution in [2.24, 2.45) is 11.8 Å². The van der Waals surface area contributed by atoms with E-state index in [0.717, 1.165) is 24.5 Å². The van der Waals surface area contributed by atoms with E-state index in [0.29, 0.717) is 24.9 Å². The maximum absolute atomic E-state index is 12.2. The number of hydrogen-bond donors (Lipinski definition) is 2. The number of ether oxygens (including phenoxy) is 1. The molecule has 0 saturated carbocycles. The SMILES string of the molecule is C=CCOc1cccc(NC(=O)CC(C)C2CCCNC2)c1. The van der Waals surface area contributed by atoms with Gasteiger partial charge in [0, 0.05) is 18.2 Å². The maximum Gasteiger partial charge on any atom is 0.224 e. The van der Waals surface area contributed by atoms with Crippen LogP contribution in [0.25, 0.3) is 0 Å². The second kappa shape index (κ2) is 8.59. The first kappa shape index (κ1) is 16.6. The average Bonchev–Trinajstić information content (AvgIpc) is 2.54. The molecule has 120 valence electrons. The van der Waals surface area contributed by atoms with Crippen molar-refractivity contribution in [3.63, 3.8) is 0 Å². The lowest BCUT2D eigenvalue weighted by atomic mass is 9.85. The van der Waals surface area contributed by atoms with E-state index >= 15 is 0 Å². The second-order valence-corrected chi connectivity index (χ2v) is 5.96. The summed E-state index contributed by atoms with van der Waals surface area (Å²) in [5.74, 6) is 1.80. The number of piperidine rings is 1. The number of rotatable bonds is 7. The minimum Gasteiger partial charge on any atom is -0.489 e. The van der Waals surface area contributed by atoms with Crippen LogP contribution < -0.4 is 15.4 Å². The Bertz CT molecular complexity index is 496. The molecule has 1 aromatic rings. The van der Waals surface area contributed by atoms with Gasteiger partial charge in [0.15, 0.2) is 0 Å². The van der Waals surface area contributed by atoms with Gasteiger partial charge in [0.2, 0.25) is 5.91 Å². The summed E-state index contributed by atoms with van der Waals surface area (Å²) in [5, 5.41) is 6.37. The van der Waals surface area contributed by atoms with Crippen molar-refractivity contribution in [3.8, 4) is 5.75 Å². The Morgan fingerprint density at radius 3 is 3.18 bits per heavy atom. The summed E-state index contributed by atoms with van der Waals surface area (Å²) in [4.78, 5) is 12.2. The van der Waals surface area contributed by atoms with Crippen LogP contribution in [0.2, 0.25) is 0 Å². The molecule has 2 atom stereocenters. The van der Waals surface area contributed by atoms with E-state index in [4.69, 9.17) is 4.74 Å². The Morgan fingerprint density at radius 1 is 1.59 bits per heavy atom. The number of carbonyl (C=O) groups is 1. The van der Waals surface area contributed by atoms with Crippen LogP contribution in [0, 0.1) is 11.8 Å². The molecule has 0 aromatic heterocycles. The molecule has 1 aliphatic heterocycles. The molecule has 2 N–H and O–H groups in total. The maximum atomic E-state index is 12.2. The third-order valence-corrected chi connectivity index (χ3v) is 4.13. The molecule has 2 rings (SSSR count). The third kappa shape index (κ3) is 5.19. The van der Waals surface area contributed by atoms with Crippen molar-refractivity contribution in [2.45, 2.75) is 26.2 Å². The van der Waals surface area contributed by atoms with Crippen LogP contribution in [0.1, 0.15) is 26.2 Å². The predicted octanol–water partition coefficient (Wildman–Crippen LogP) is 3.22. The van der Waals surface area contributed by atoms with Crippen molar-refractivity contribution in [1.29, 1.82) is 0 Å². The van der Waals surface area contributed by atoms with Crippen LogP contribution in [0.5, 0.6) is 5.75 Å². The van der Waals surface area contributed by atoms with E-state index in [1.807, 2.05) is 24.3 Å². The van der Waals surface area contributed by atoms with Crippen LogP contribution >= 0.6 is 0 Å². The van der Waals surface area contributed by atoms with Crippen LogP contribution in [0.15, 0.2) is 36.9 Å². The van der Waals surface area contributed by atoms with Crippen LogP contribution in [-0.2, 0) is 4.79 Å². The fourth-order valence-electron chi connectivity index (χ4n) is 2.85. The molecule has 1 heterocycles. The van der Waals surface area contributed by atoms with Gasteiger partial charge in [0.05, 0.1) is 0 Å². The summed E-state index contributed by atoms with van der Waals surface area (Å²) in [6.07, 6.45) is 4.68. The molecule has 0 spiro atoms. The van der Waals surface area contributed by atoms with Crippen molar-refractivity contribution < 1.29 is 9.53 Å². The number of anilines is 1. The molecule has 0 bridgehead atoms. The predicted molar refractivity (Wildman–Crippen MR) is 90.1 cm³/mol. The highest BCUT2D eigenvalue weighted by atomic mass is 16.5. The molecule has 4 heteroatoms. The summed E-state index contributed by atoms with van der Waals surface area (Å²) >= 11 is 0. The molecule has 1 amide bonds. The number of amides is 1. The van der Waals surface area contributed by atoms with E-state index in [1.54, 1.807) is 6.08 Å². The highest BCUT2D eigenvalue weighted by Crippen LogP contribution is 2.23. The van der Waals surface area contributed by atoms with Crippen molar-refractivity contribution >= 4 is 11.6 Å². The summed E-state index contributed by atoms with van der Waals surface area (Å²) in [6.45, 7) is 8.38. The van der Waals surface area contributed by atoms with E-state index in [1.165, 1.54) is 12.8 Å². The normalized spacial score (nSPS) is 19.2. The van der Waals surface area contributed by atoms with Crippen LogP contribution in [0.3, 0.4) is 0 Å². The molecule has 0 aliphatic carbocycles. The fourth-order valence-corrected chi connectivity index (χ4v) is 2.85. The zero-order valence-electron chi connectivity index (χ0n) is 13.3. The monoisotopic (exact) mass is 302 g/mol. The first-order chi connectivity index (χ1) is 10.7. The molecular weight excluding hydrogens is 276 g/mol. The molecule has 1 saturated heterocycles. The molecule has 2 unspecified atom stereocenters. The first-order valence-electron chi connectivity index (χ1n) is 8.03. The quantitative estimate of drug-likeness (QED) is 0.760. The standard InChI is InChI=1S/C18H26N2O2/c1-3-10-22-17-8-4-7-16(12-17)20-18(21)11-14(2)15-6-5-9-19-13-15/h3-4,7-8,12,14-15,19H,1,5-6,9-11,13H2,2H3,(H,20,21). The van der Waals surface area contributed by atoms with Gasteiger partial charge in [-0.3, -0.25) is 4.79 Å². The van der Waals surface area contributed by atoms with Gasteiger partial charge in [0.25, 0.3) is 0 Å². The van der Waals surface area contributed by atoms with Crippen molar-refractivity contribution in [1.82, 2.24) is 5.32 Å². The summed E-state index contributed by atoms with van der Waals surface area (Å²) in [7, 11) is 0. The average molecular weight is 302 g/mol. The van der Waals surface area contributed by atoms with Gasteiger partial charge in [-0.15, -0.1) is 0 Å². The largest absolute Gasteiger partial charge is 0.489 e. The van der Waals surface area contributed by atoms with Gasteiger partial charge in [-0.2, -0.15) is 0 Å². The minimum atomic E-state index is 0.0685. The fraction of sp³-hybridized carbons (Fsp3) is 0.500. The van der Waals surface area contributed by atoms with E-state index in [9.17, 15) is 4.79 Å². The molecule has 22 heavy (non-hydrogen) atoms. The van der Waals surface area contributed by atoms with Crippen molar-refractivity contribution in [2.75, 3.05) is 25.0 Å². The Morgan fingerprint density at radius 2 is 2.45 bits per heavy atom. The molecule has 1 fully saturated rings. The van der Waals surface area contributed by atoms with E-state index in [2.05, 4.69) is 24.1 Å². The Labute approximate surface area is 132 Å². The lowest BCUT2D eigenvalue weighted by Crippen LogP contribution is -2.34. The minimum absolute atomic E-state index is 0.0685. The molecule has 4 nitrogen and oxygen atoms in total. The second-order valence-electron chi connectivity index (χ2n) is 5.96. The van der Waals surface area contributed by atoms with E-state index in [-0.39, 0.29) is 5.91 Å². The Kier molecular flexibility index (Phi) is 6.46. The molecular formula is C18H26N2O2. The molecule has 1 aliphatic rings. The van der Waals surface area contributed by atoms with Gasteiger partial charge < -0.3 is 15.4 Å². The number of carbonyl (C=O) groups excluding carboxylic acids is 1. The summed E-state index contributed by atoms with van der Waals surface area (Å²) in [6, 6.07) is 7.47. The number of hydrogen-bond acceptors (Lipinski definition) is 3. The smallest absolute Gasteiger partial charge is 0.224 e.